The number of hydrogen-bond donors (Lipinski definition) is 0. The molecule has 2 rings (SSSR count). The molecule has 0 aromatic carbocycles. The van der Waals surface area contributed by atoms with Crippen LogP contribution in [0.2, 0.25) is 0 Å². The molecule has 1 heterocycles. The fourth-order valence-electron chi connectivity index (χ4n) is 2.73. The summed E-state index contributed by atoms with van der Waals surface area (Å²) in [5.74, 6) is 0.727. The Bertz CT molecular complexity index is 367. The SMILES string of the molecule is CC1CC(Oc2nnc(Br)s2)CC(C)(C)C1. The Morgan fingerprint density at radius 2 is 2.12 bits per heavy atom. The van der Waals surface area contributed by atoms with Gasteiger partial charge < -0.3 is 4.74 Å². The first kappa shape index (κ1) is 12.3. The maximum absolute atomic E-state index is 5.90. The summed E-state index contributed by atoms with van der Waals surface area (Å²) < 4.78 is 6.68. The Hall–Kier alpha value is -0.160. The van der Waals surface area contributed by atoms with Gasteiger partial charge in [0.1, 0.15) is 6.10 Å². The second-order valence-electron chi connectivity index (χ2n) is 5.47. The standard InChI is InChI=1S/C11H17BrN2OS/c1-7-4-8(6-11(2,3)5-7)15-10-14-13-9(12)16-10/h7-8H,4-6H2,1-3H3. The minimum atomic E-state index is 0.290. The molecule has 1 saturated carbocycles. The molecule has 16 heavy (non-hydrogen) atoms. The third-order valence-corrected chi connectivity index (χ3v) is 4.24. The molecule has 90 valence electrons. The van der Waals surface area contributed by atoms with Crippen LogP contribution in [0.1, 0.15) is 40.0 Å². The van der Waals surface area contributed by atoms with Crippen molar-refractivity contribution in [2.24, 2.45) is 11.3 Å². The molecule has 2 atom stereocenters. The Balaban J connectivity index is 1.99. The Kier molecular flexibility index (Phi) is 3.54. The second kappa shape index (κ2) is 4.61. The summed E-state index contributed by atoms with van der Waals surface area (Å²) in [6, 6.07) is 0. The molecule has 0 spiro atoms. The van der Waals surface area contributed by atoms with E-state index in [2.05, 4.69) is 46.9 Å². The van der Waals surface area contributed by atoms with Gasteiger partial charge in [0.15, 0.2) is 3.92 Å². The van der Waals surface area contributed by atoms with Gasteiger partial charge in [-0.2, -0.15) is 0 Å². The molecule has 5 heteroatoms. The van der Waals surface area contributed by atoms with Crippen molar-refractivity contribution in [2.75, 3.05) is 0 Å². The number of nitrogens with zero attached hydrogens (tertiary/aromatic N) is 2. The average Bonchev–Trinajstić information content (AvgIpc) is 2.46. The molecule has 2 unspecified atom stereocenters. The first-order valence-electron chi connectivity index (χ1n) is 5.60. The Morgan fingerprint density at radius 3 is 2.69 bits per heavy atom. The van der Waals surface area contributed by atoms with Crippen molar-refractivity contribution in [1.29, 1.82) is 0 Å². The fraction of sp³-hybridized carbons (Fsp3) is 0.818. The van der Waals surface area contributed by atoms with Crippen LogP contribution in [-0.2, 0) is 0 Å². The highest BCUT2D eigenvalue weighted by Gasteiger charge is 2.33. The molecular weight excluding hydrogens is 288 g/mol. The van der Waals surface area contributed by atoms with Crippen LogP contribution in [0.5, 0.6) is 5.19 Å². The van der Waals surface area contributed by atoms with Gasteiger partial charge in [0, 0.05) is 0 Å². The molecule has 1 aromatic rings. The monoisotopic (exact) mass is 304 g/mol. The van der Waals surface area contributed by atoms with Crippen LogP contribution in [0.3, 0.4) is 0 Å². The average molecular weight is 305 g/mol. The van der Waals surface area contributed by atoms with E-state index in [1.807, 2.05) is 0 Å². The van der Waals surface area contributed by atoms with Gasteiger partial charge in [-0.1, -0.05) is 25.9 Å². The van der Waals surface area contributed by atoms with Gasteiger partial charge >= 0.3 is 0 Å². The van der Waals surface area contributed by atoms with Gasteiger partial charge in [-0.05, 0) is 57.9 Å². The number of hydrogen-bond acceptors (Lipinski definition) is 4. The highest BCUT2D eigenvalue weighted by atomic mass is 79.9. The molecule has 0 amide bonds. The molecule has 0 radical (unpaired) electrons. The van der Waals surface area contributed by atoms with E-state index in [4.69, 9.17) is 4.74 Å². The topological polar surface area (TPSA) is 35.0 Å². The first-order chi connectivity index (χ1) is 7.44. The normalized spacial score (nSPS) is 29.0. The number of ether oxygens (including phenoxy) is 1. The van der Waals surface area contributed by atoms with E-state index in [1.54, 1.807) is 0 Å². The van der Waals surface area contributed by atoms with Gasteiger partial charge in [0.2, 0.25) is 0 Å². The van der Waals surface area contributed by atoms with Crippen molar-refractivity contribution in [3.63, 3.8) is 0 Å². The molecule has 0 saturated heterocycles. The molecule has 3 nitrogen and oxygen atoms in total. The zero-order chi connectivity index (χ0) is 11.8. The minimum Gasteiger partial charge on any atom is -0.466 e. The van der Waals surface area contributed by atoms with Crippen LogP contribution in [0.25, 0.3) is 0 Å². The molecule has 0 N–H and O–H groups in total. The molecule has 1 fully saturated rings. The summed E-state index contributed by atoms with van der Waals surface area (Å²) in [6.45, 7) is 6.93. The van der Waals surface area contributed by atoms with E-state index in [9.17, 15) is 0 Å². The number of rotatable bonds is 2. The number of halogens is 1. The highest BCUT2D eigenvalue weighted by Crippen LogP contribution is 2.40. The van der Waals surface area contributed by atoms with Crippen molar-refractivity contribution in [3.05, 3.63) is 3.92 Å². The zero-order valence-electron chi connectivity index (χ0n) is 9.86. The van der Waals surface area contributed by atoms with Gasteiger partial charge in [-0.15, -0.1) is 5.10 Å². The van der Waals surface area contributed by atoms with Crippen molar-refractivity contribution >= 4 is 27.3 Å². The zero-order valence-corrected chi connectivity index (χ0v) is 12.3. The van der Waals surface area contributed by atoms with Gasteiger partial charge in [0.25, 0.3) is 5.19 Å². The summed E-state index contributed by atoms with van der Waals surface area (Å²) in [5, 5.41) is 8.56. The van der Waals surface area contributed by atoms with Crippen molar-refractivity contribution in [3.8, 4) is 5.19 Å². The van der Waals surface area contributed by atoms with E-state index >= 15 is 0 Å². The van der Waals surface area contributed by atoms with Crippen LogP contribution < -0.4 is 4.74 Å². The lowest BCUT2D eigenvalue weighted by molar-refractivity contribution is 0.0556. The summed E-state index contributed by atoms with van der Waals surface area (Å²) in [7, 11) is 0. The molecule has 1 aliphatic carbocycles. The second-order valence-corrected chi connectivity index (χ2v) is 7.69. The van der Waals surface area contributed by atoms with Crippen LogP contribution in [-0.4, -0.2) is 16.3 Å². The largest absolute Gasteiger partial charge is 0.466 e. The summed E-state index contributed by atoms with van der Waals surface area (Å²) in [6.07, 6.45) is 3.81. The lowest BCUT2D eigenvalue weighted by atomic mass is 9.71. The highest BCUT2D eigenvalue weighted by molar-refractivity contribution is 9.11. The summed E-state index contributed by atoms with van der Waals surface area (Å²) in [4.78, 5) is 0. The van der Waals surface area contributed by atoms with Crippen molar-refractivity contribution in [2.45, 2.75) is 46.1 Å². The van der Waals surface area contributed by atoms with Crippen molar-refractivity contribution < 1.29 is 4.74 Å². The maximum Gasteiger partial charge on any atom is 0.295 e. The van der Waals surface area contributed by atoms with Crippen LogP contribution in [0.4, 0.5) is 0 Å². The third-order valence-electron chi connectivity index (χ3n) is 3.00. The van der Waals surface area contributed by atoms with Gasteiger partial charge in [0.05, 0.1) is 0 Å². The predicted octanol–water partition coefficient (Wildman–Crippen LogP) is 3.89. The minimum absolute atomic E-state index is 0.290. The Labute approximate surface area is 109 Å². The first-order valence-corrected chi connectivity index (χ1v) is 7.21. The molecule has 1 aliphatic rings. The van der Waals surface area contributed by atoms with E-state index in [0.29, 0.717) is 16.7 Å². The van der Waals surface area contributed by atoms with E-state index in [-0.39, 0.29) is 0 Å². The summed E-state index contributed by atoms with van der Waals surface area (Å²) in [5.41, 5.74) is 0.379. The van der Waals surface area contributed by atoms with Crippen molar-refractivity contribution in [1.82, 2.24) is 10.2 Å². The summed E-state index contributed by atoms with van der Waals surface area (Å²) >= 11 is 4.75. The smallest absolute Gasteiger partial charge is 0.295 e. The van der Waals surface area contributed by atoms with Gasteiger partial charge in [-0.25, -0.2) is 0 Å². The van der Waals surface area contributed by atoms with E-state index < -0.39 is 0 Å². The predicted molar refractivity (Wildman–Crippen MR) is 68.8 cm³/mol. The van der Waals surface area contributed by atoms with Crippen LogP contribution in [0.15, 0.2) is 3.92 Å². The van der Waals surface area contributed by atoms with Crippen LogP contribution >= 0.6 is 27.3 Å². The molecular formula is C11H17BrN2OS. The molecule has 1 aromatic heterocycles. The molecule has 0 bridgehead atoms. The Morgan fingerprint density at radius 1 is 1.38 bits per heavy atom. The van der Waals surface area contributed by atoms with E-state index in [0.717, 1.165) is 22.7 Å². The lowest BCUT2D eigenvalue weighted by Crippen LogP contribution is -2.34. The number of aromatic nitrogens is 2. The quantitative estimate of drug-likeness (QED) is 0.831. The van der Waals surface area contributed by atoms with Crippen LogP contribution in [0, 0.1) is 11.3 Å². The molecule has 0 aliphatic heterocycles. The fourth-order valence-corrected chi connectivity index (χ4v) is 3.72. The van der Waals surface area contributed by atoms with Gasteiger partial charge in [-0.3, -0.25) is 0 Å². The third kappa shape index (κ3) is 3.17. The van der Waals surface area contributed by atoms with E-state index in [1.165, 1.54) is 17.8 Å². The lowest BCUT2D eigenvalue weighted by Gasteiger charge is -2.38. The maximum atomic E-state index is 5.90.